The molecule has 1 aliphatic rings. The van der Waals surface area contributed by atoms with E-state index >= 15 is 0 Å². The van der Waals surface area contributed by atoms with E-state index in [4.69, 9.17) is 21.9 Å². The molecule has 1 rings (SSSR count). The Hall–Kier alpha value is -10.1. The Morgan fingerprint density at radius 3 is 1.25 bits per heavy atom. The molecule has 39 heteroatoms. The summed E-state index contributed by atoms with van der Waals surface area (Å²) in [6, 6.07) is -22.0. The van der Waals surface area contributed by atoms with Crippen LogP contribution in [0.25, 0.3) is 0 Å². The Kier molecular flexibility index (Phi) is 50.2. The number of carbonyl (C=O) groups excluding carboxylic acids is 18. The first kappa shape index (κ1) is 109. The number of cyclic esters (lactones) is 1. The van der Waals surface area contributed by atoms with E-state index in [0.717, 1.165) is 25.7 Å². The molecule has 121 heavy (non-hydrogen) atoms. The van der Waals surface area contributed by atoms with Crippen molar-refractivity contribution in [3.63, 3.8) is 0 Å². The van der Waals surface area contributed by atoms with Gasteiger partial charge in [0.15, 0.2) is 0 Å². The number of unbranched alkanes of at least 4 members (excludes halogenated alkanes) is 4. The zero-order valence-corrected chi connectivity index (χ0v) is 74.1. The monoisotopic (exact) mass is 1720 g/mol. The lowest BCUT2D eigenvalue weighted by Gasteiger charge is -2.30. The second kappa shape index (κ2) is 55.7. The average Bonchev–Trinajstić information content (AvgIpc) is 1.22. The summed E-state index contributed by atoms with van der Waals surface area (Å²) in [5.74, 6) is -23.0. The molecule has 22 N–H and O–H groups in total. The van der Waals surface area contributed by atoms with Gasteiger partial charge in [0.2, 0.25) is 100 Å². The second-order valence-corrected chi connectivity index (χ2v) is 34.5. The van der Waals surface area contributed by atoms with Crippen molar-refractivity contribution in [2.75, 3.05) is 6.61 Å². The number of aliphatic hydroxyl groups excluding tert-OH is 1. The van der Waals surface area contributed by atoms with Gasteiger partial charge in [-0.2, -0.15) is 0 Å². The van der Waals surface area contributed by atoms with Crippen LogP contribution in [0.3, 0.4) is 0 Å². The number of nitrogens with two attached hydrogens (primary N) is 3. The molecule has 0 aromatic rings. The van der Waals surface area contributed by atoms with Gasteiger partial charge in [-0.15, -0.1) is 0 Å². The van der Waals surface area contributed by atoms with Crippen molar-refractivity contribution in [3.8, 4) is 0 Å². The Morgan fingerprint density at radius 1 is 0.421 bits per heavy atom. The van der Waals surface area contributed by atoms with E-state index in [9.17, 15) is 101 Å². The van der Waals surface area contributed by atoms with Gasteiger partial charge in [0, 0.05) is 25.7 Å². The predicted molar refractivity (Wildman–Crippen MR) is 446 cm³/mol. The summed E-state index contributed by atoms with van der Waals surface area (Å²) in [6.45, 7) is 28.8. The molecule has 0 spiro atoms. The number of hydrogen-bond donors (Lipinski definition) is 19. The number of carboxylic acid groups (broad SMARTS) is 1. The number of amides is 17. The van der Waals surface area contributed by atoms with Crippen LogP contribution in [-0.2, 0) is 95.8 Å². The number of carbonyl (C=O) groups is 19. The highest BCUT2D eigenvalue weighted by atomic mass is 16.5. The minimum atomic E-state index is -1.99. The summed E-state index contributed by atoms with van der Waals surface area (Å²) in [6.07, 6.45) is -0.519. The fourth-order valence-corrected chi connectivity index (χ4v) is 13.0. The van der Waals surface area contributed by atoms with E-state index in [1.165, 1.54) is 34.6 Å². The number of aliphatic hydroxyl groups is 1. The molecule has 0 radical (unpaired) electrons. The summed E-state index contributed by atoms with van der Waals surface area (Å²) in [7, 11) is 0. The van der Waals surface area contributed by atoms with Gasteiger partial charge in [-0.05, 0) is 118 Å². The minimum absolute atomic E-state index is 0.0305. The third kappa shape index (κ3) is 43.3. The number of primary amides is 3. The molecule has 0 unspecified atom stereocenters. The van der Waals surface area contributed by atoms with Gasteiger partial charge < -0.3 is 107 Å². The Morgan fingerprint density at radius 2 is 0.818 bits per heavy atom. The van der Waals surface area contributed by atoms with Gasteiger partial charge in [-0.3, -0.25) is 86.3 Å². The van der Waals surface area contributed by atoms with Crippen molar-refractivity contribution < 1.29 is 106 Å². The average molecular weight is 1720 g/mol. The van der Waals surface area contributed by atoms with Gasteiger partial charge in [0.25, 0.3) is 0 Å². The van der Waals surface area contributed by atoms with Gasteiger partial charge in [-0.25, -0.2) is 4.79 Å². The molecule has 0 aromatic carbocycles. The third-order valence-electron chi connectivity index (χ3n) is 20.0. The zero-order valence-electron chi connectivity index (χ0n) is 74.1. The van der Waals surface area contributed by atoms with Crippen LogP contribution in [0.1, 0.15) is 259 Å². The van der Waals surface area contributed by atoms with Crippen LogP contribution < -0.4 is 91.6 Å². The molecule has 1 heterocycles. The summed E-state index contributed by atoms with van der Waals surface area (Å²) in [5.41, 5.74) is 16.6. The van der Waals surface area contributed by atoms with E-state index in [2.05, 4.69) is 81.4 Å². The molecule has 688 valence electrons. The van der Waals surface area contributed by atoms with Crippen molar-refractivity contribution >= 4 is 112 Å². The molecule has 17 amide bonds. The standard InChI is InChI=1S/C82H143N17O22/c1-19-21-22-23-24-25-50(100)39-64(104)87-55(34-41(3)4)75(113)91-54(29-33-65(105)106)70(108)88-52(27-31-62(84)102)72(110)97-66(46(13)14)80(118)94-56(35-42(5)6)74(112)86-49(18)69(107)96-60-40-121-82(120)68(48(17)20-2)99-73(111)53(28-32-63(85)103)90-76(114)57(36-43(7)8)93-78(116)58(37-44(9)10)92-71(109)51(26-30-61(83)101)89-77(115)59(38-45(11)12)95-81(119)67(47(15)16)98-79(60)117/h41-60,66-68,100H,19-40H2,1-18H3,(H2,83,101)(H2,84,102)(H2,85,103)(H,86,112)(H,87,104)(H,88,108)(H,89,115)(H,90,114)(H,91,113)(H,92,109)(H,93,116)(H,94,118)(H,95,119)(H,96,107)(H,97,110)(H,98,117)(H,99,111)(H,105,106)/t48-,49-,50+,51+,52+,53+,54+,55-,56+,57-,58-,59+,60+,66+,67+,68-/m0/s1. The maximum atomic E-state index is 14.9. The summed E-state index contributed by atoms with van der Waals surface area (Å²) >= 11 is 0. The van der Waals surface area contributed by atoms with Crippen molar-refractivity contribution in [3.05, 3.63) is 0 Å². The fourth-order valence-electron chi connectivity index (χ4n) is 13.0. The van der Waals surface area contributed by atoms with Crippen molar-refractivity contribution in [2.45, 2.75) is 350 Å². The van der Waals surface area contributed by atoms with E-state index in [-0.39, 0.29) is 74.5 Å². The number of carboxylic acids is 1. The van der Waals surface area contributed by atoms with Gasteiger partial charge in [0.05, 0.1) is 12.5 Å². The third-order valence-corrected chi connectivity index (χ3v) is 20.0. The highest BCUT2D eigenvalue weighted by Gasteiger charge is 2.41. The SMILES string of the molecule is CCCCCCC[C@@H](O)CC(=O)N[C@@H](CC(C)C)C(=O)N[C@H](CCC(=O)O)C(=O)N[C@H](CCC(N)=O)C(=O)N[C@@H](C(=O)N[C@H](CC(C)C)C(=O)N[C@@H](C)C(=O)N[C@@H]1COC(=O)[C@H]([C@@H](C)CC)NC(=O)[C@@H](CCC(N)=O)NC(=O)[C@H](CC(C)C)NC(=O)[C@H](CC(C)C)NC(=O)[C@@H](CCC(N)=O)NC(=O)[C@@H](CC(C)C)NC(=O)[C@@H](C(C)C)NC1=O)C(C)C. The van der Waals surface area contributed by atoms with Gasteiger partial charge in [-0.1, -0.05) is 156 Å². The largest absolute Gasteiger partial charge is 0.481 e. The van der Waals surface area contributed by atoms with Crippen LogP contribution in [0.2, 0.25) is 0 Å². The van der Waals surface area contributed by atoms with Gasteiger partial charge >= 0.3 is 11.9 Å². The zero-order chi connectivity index (χ0) is 92.4. The van der Waals surface area contributed by atoms with Crippen LogP contribution in [0.15, 0.2) is 0 Å². The summed E-state index contributed by atoms with van der Waals surface area (Å²) in [5, 5.41) is 56.2. The summed E-state index contributed by atoms with van der Waals surface area (Å²) < 4.78 is 5.77. The van der Waals surface area contributed by atoms with Gasteiger partial charge in [0.1, 0.15) is 91.2 Å². The van der Waals surface area contributed by atoms with Crippen molar-refractivity contribution in [1.29, 1.82) is 0 Å². The quantitative estimate of drug-likeness (QED) is 0.0275. The molecular formula is C82H143N17O22. The normalized spacial score (nSPS) is 20.9. The lowest BCUT2D eigenvalue weighted by Crippen LogP contribution is -2.62. The maximum absolute atomic E-state index is 14.9. The molecule has 1 fully saturated rings. The van der Waals surface area contributed by atoms with Crippen molar-refractivity contribution in [1.82, 2.24) is 74.4 Å². The number of ether oxygens (including phenoxy) is 1. The van der Waals surface area contributed by atoms with E-state index in [1.54, 1.807) is 83.1 Å². The maximum Gasteiger partial charge on any atom is 0.329 e. The predicted octanol–water partition coefficient (Wildman–Crippen LogP) is -0.288. The molecule has 1 aliphatic heterocycles. The highest BCUT2D eigenvalue weighted by molar-refractivity contribution is 6.01. The molecule has 1 saturated heterocycles. The number of hydrogen-bond acceptors (Lipinski definition) is 21. The van der Waals surface area contributed by atoms with E-state index < -0.39 is 279 Å². The Bertz CT molecular complexity index is 3480. The van der Waals surface area contributed by atoms with Crippen LogP contribution >= 0.6 is 0 Å². The first-order valence-electron chi connectivity index (χ1n) is 42.6. The molecular weight excluding hydrogens is 1570 g/mol. The molecule has 39 nitrogen and oxygen atoms in total. The minimum Gasteiger partial charge on any atom is -0.481 e. The van der Waals surface area contributed by atoms with Crippen LogP contribution in [-0.4, -0.2) is 220 Å². The summed E-state index contributed by atoms with van der Waals surface area (Å²) in [4.78, 5) is 265. The van der Waals surface area contributed by atoms with E-state index in [1.807, 2.05) is 0 Å². The number of aliphatic carboxylic acids is 1. The molecule has 0 aliphatic carbocycles. The Labute approximate surface area is 711 Å². The number of rotatable bonds is 47. The smallest absolute Gasteiger partial charge is 0.329 e. The first-order chi connectivity index (χ1) is 56.4. The van der Waals surface area contributed by atoms with Crippen LogP contribution in [0.4, 0.5) is 0 Å². The molecule has 0 bridgehead atoms. The van der Waals surface area contributed by atoms with E-state index in [0.29, 0.717) is 12.8 Å². The van der Waals surface area contributed by atoms with Crippen LogP contribution in [0, 0.1) is 47.3 Å². The lowest BCUT2D eigenvalue weighted by atomic mass is 9.97. The molecule has 0 saturated carbocycles. The topological polar surface area (TPSA) is 620 Å². The lowest BCUT2D eigenvalue weighted by molar-refractivity contribution is -0.152. The first-order valence-corrected chi connectivity index (χ1v) is 42.6. The molecule has 0 aromatic heterocycles. The molecule has 16 atom stereocenters. The number of nitrogens with one attached hydrogen (secondary N) is 14. The second-order valence-electron chi connectivity index (χ2n) is 34.5. The fraction of sp³-hybridized carbons (Fsp3) is 0.768. The number of esters is 1. The Balaban J connectivity index is 4.06. The highest BCUT2D eigenvalue weighted by Crippen LogP contribution is 2.19. The van der Waals surface area contributed by atoms with Crippen molar-refractivity contribution in [2.24, 2.45) is 64.5 Å². The van der Waals surface area contributed by atoms with Crippen LogP contribution in [0.5, 0.6) is 0 Å².